The van der Waals surface area contributed by atoms with Gasteiger partial charge in [-0.1, -0.05) is 0 Å². The Balaban J connectivity index is 1.40. The first-order valence-electron chi connectivity index (χ1n) is 9.20. The number of hydrogen-bond donors (Lipinski definition) is 1. The molecule has 1 fully saturated rings. The maximum absolute atomic E-state index is 4.65. The topological polar surface area (TPSA) is 71.2 Å². The maximum Gasteiger partial charge on any atom is 0.227 e. The van der Waals surface area contributed by atoms with Gasteiger partial charge in [-0.15, -0.1) is 0 Å². The van der Waals surface area contributed by atoms with E-state index in [9.17, 15) is 0 Å². The van der Waals surface area contributed by atoms with E-state index in [0.29, 0.717) is 5.95 Å². The second kappa shape index (κ2) is 7.20. The number of anilines is 3. The van der Waals surface area contributed by atoms with Crippen LogP contribution in [0.1, 0.15) is 12.8 Å². The molecule has 0 amide bonds. The summed E-state index contributed by atoms with van der Waals surface area (Å²) in [5.41, 5.74) is 3.43. The molecule has 5 rings (SSSR count). The van der Waals surface area contributed by atoms with Crippen LogP contribution in [-0.2, 0) is 0 Å². The minimum Gasteiger partial charge on any atom is -0.357 e. The third-order valence-corrected chi connectivity index (χ3v) is 5.29. The van der Waals surface area contributed by atoms with Crippen molar-refractivity contribution < 1.29 is 0 Å². The van der Waals surface area contributed by atoms with Gasteiger partial charge in [0, 0.05) is 30.0 Å². The molecule has 28 heavy (non-hydrogen) atoms. The minimum atomic E-state index is 0.526. The van der Waals surface area contributed by atoms with Gasteiger partial charge in [-0.2, -0.15) is 0 Å². The molecule has 5 heterocycles. The molecule has 1 N–H and O–H groups in total. The number of aromatic nitrogens is 5. The standard InChI is InChI=1S/C20H18BrN7/c21-14-3-5-19-24-12-17(28(19)13-14)16-7-8-22-20(26-16)25-15-4-6-18(23-11-15)27-9-1-2-10-27/h3-8,11-13H,1-2,9-10H2,(H,22,25,26). The molecule has 0 unspecified atom stereocenters. The number of imidazole rings is 1. The van der Waals surface area contributed by atoms with Gasteiger partial charge in [0.1, 0.15) is 11.5 Å². The lowest BCUT2D eigenvalue weighted by Gasteiger charge is -2.16. The van der Waals surface area contributed by atoms with Gasteiger partial charge in [-0.3, -0.25) is 4.40 Å². The number of halogens is 1. The lowest BCUT2D eigenvalue weighted by molar-refractivity contribution is 0.938. The molecule has 0 spiro atoms. The van der Waals surface area contributed by atoms with Gasteiger partial charge in [0.25, 0.3) is 0 Å². The maximum atomic E-state index is 4.65. The van der Waals surface area contributed by atoms with E-state index in [1.807, 2.05) is 53.3 Å². The molecule has 0 aromatic carbocycles. The Bertz CT molecular complexity index is 1120. The van der Waals surface area contributed by atoms with E-state index < -0.39 is 0 Å². The molecule has 8 heteroatoms. The number of hydrogen-bond acceptors (Lipinski definition) is 6. The number of nitrogens with zero attached hydrogens (tertiary/aromatic N) is 6. The first-order valence-corrected chi connectivity index (χ1v) is 10.00. The summed E-state index contributed by atoms with van der Waals surface area (Å²) in [6.07, 6.45) is 9.85. The Labute approximate surface area is 170 Å². The third-order valence-electron chi connectivity index (χ3n) is 4.82. The van der Waals surface area contributed by atoms with Crippen molar-refractivity contribution in [3.63, 3.8) is 0 Å². The highest BCUT2D eigenvalue weighted by molar-refractivity contribution is 9.10. The second-order valence-corrected chi connectivity index (χ2v) is 7.62. The fourth-order valence-corrected chi connectivity index (χ4v) is 3.77. The SMILES string of the molecule is Brc1ccc2ncc(-c3ccnc(Nc4ccc(N5CCCC5)nc4)n3)n2c1. The van der Waals surface area contributed by atoms with Crippen molar-refractivity contribution in [2.24, 2.45) is 0 Å². The van der Waals surface area contributed by atoms with Crippen LogP contribution in [0.15, 0.2) is 59.6 Å². The Kier molecular flexibility index (Phi) is 4.40. The van der Waals surface area contributed by atoms with E-state index in [2.05, 4.69) is 46.1 Å². The highest BCUT2D eigenvalue weighted by Gasteiger charge is 2.13. The van der Waals surface area contributed by atoms with Crippen LogP contribution in [0.25, 0.3) is 17.0 Å². The molecule has 4 aromatic heterocycles. The van der Waals surface area contributed by atoms with Gasteiger partial charge in [0.15, 0.2) is 0 Å². The van der Waals surface area contributed by atoms with E-state index in [0.717, 1.165) is 46.1 Å². The predicted molar refractivity (Wildman–Crippen MR) is 113 cm³/mol. The first-order chi connectivity index (χ1) is 13.8. The number of rotatable bonds is 4. The summed E-state index contributed by atoms with van der Waals surface area (Å²) in [6, 6.07) is 9.87. The Hall–Kier alpha value is -3.00. The zero-order valence-corrected chi connectivity index (χ0v) is 16.7. The van der Waals surface area contributed by atoms with E-state index in [1.54, 1.807) is 6.20 Å². The van der Waals surface area contributed by atoms with Crippen LogP contribution in [0.5, 0.6) is 0 Å². The van der Waals surface area contributed by atoms with E-state index >= 15 is 0 Å². The van der Waals surface area contributed by atoms with Crippen molar-refractivity contribution in [1.29, 1.82) is 0 Å². The Morgan fingerprint density at radius 2 is 1.82 bits per heavy atom. The summed E-state index contributed by atoms with van der Waals surface area (Å²) in [7, 11) is 0. The van der Waals surface area contributed by atoms with Crippen LogP contribution in [0, 0.1) is 0 Å². The molecule has 1 aliphatic heterocycles. The van der Waals surface area contributed by atoms with Crippen molar-refractivity contribution in [1.82, 2.24) is 24.3 Å². The molecule has 0 saturated carbocycles. The van der Waals surface area contributed by atoms with Crippen molar-refractivity contribution in [3.05, 3.63) is 59.6 Å². The van der Waals surface area contributed by atoms with Crippen molar-refractivity contribution in [2.75, 3.05) is 23.3 Å². The van der Waals surface area contributed by atoms with E-state index in [-0.39, 0.29) is 0 Å². The van der Waals surface area contributed by atoms with Crippen LogP contribution in [0.2, 0.25) is 0 Å². The van der Waals surface area contributed by atoms with Gasteiger partial charge in [-0.05, 0) is 59.1 Å². The largest absolute Gasteiger partial charge is 0.357 e. The Morgan fingerprint density at radius 3 is 2.64 bits per heavy atom. The van der Waals surface area contributed by atoms with Crippen LogP contribution in [0.3, 0.4) is 0 Å². The molecule has 0 bridgehead atoms. The fraction of sp³-hybridized carbons (Fsp3) is 0.200. The summed E-state index contributed by atoms with van der Waals surface area (Å²) >= 11 is 3.51. The van der Waals surface area contributed by atoms with Gasteiger partial charge in [0.2, 0.25) is 5.95 Å². The predicted octanol–water partition coefficient (Wildman–Crippen LogP) is 4.29. The zero-order valence-electron chi connectivity index (χ0n) is 15.1. The summed E-state index contributed by atoms with van der Waals surface area (Å²) in [5, 5.41) is 3.24. The van der Waals surface area contributed by atoms with Crippen LogP contribution in [0.4, 0.5) is 17.5 Å². The molecule has 1 saturated heterocycles. The van der Waals surface area contributed by atoms with Crippen LogP contribution >= 0.6 is 15.9 Å². The normalized spacial score (nSPS) is 14.0. The lowest BCUT2D eigenvalue weighted by atomic mass is 10.3. The van der Waals surface area contributed by atoms with Crippen LogP contribution in [-0.4, -0.2) is 37.4 Å². The second-order valence-electron chi connectivity index (χ2n) is 6.71. The Morgan fingerprint density at radius 1 is 0.929 bits per heavy atom. The molecular formula is C20H18BrN7. The van der Waals surface area contributed by atoms with E-state index in [1.165, 1.54) is 12.8 Å². The molecule has 7 nitrogen and oxygen atoms in total. The minimum absolute atomic E-state index is 0.526. The lowest BCUT2D eigenvalue weighted by Crippen LogP contribution is -2.18. The molecule has 0 atom stereocenters. The van der Waals surface area contributed by atoms with Crippen LogP contribution < -0.4 is 10.2 Å². The molecule has 140 valence electrons. The molecule has 4 aromatic rings. The highest BCUT2D eigenvalue weighted by Crippen LogP contribution is 2.23. The number of fused-ring (bicyclic) bond motifs is 1. The molecule has 1 aliphatic rings. The quantitative estimate of drug-likeness (QED) is 0.515. The van der Waals surface area contributed by atoms with Crippen molar-refractivity contribution in [2.45, 2.75) is 12.8 Å². The van der Waals surface area contributed by atoms with Gasteiger partial charge in [0.05, 0.1) is 29.5 Å². The fourth-order valence-electron chi connectivity index (χ4n) is 3.43. The molecule has 0 aliphatic carbocycles. The smallest absolute Gasteiger partial charge is 0.227 e. The summed E-state index contributed by atoms with van der Waals surface area (Å²) < 4.78 is 2.98. The number of nitrogens with one attached hydrogen (secondary N) is 1. The third kappa shape index (κ3) is 3.31. The van der Waals surface area contributed by atoms with Gasteiger partial charge >= 0.3 is 0 Å². The highest BCUT2D eigenvalue weighted by atomic mass is 79.9. The molecule has 0 radical (unpaired) electrons. The number of pyridine rings is 2. The average molecular weight is 436 g/mol. The summed E-state index contributed by atoms with van der Waals surface area (Å²) in [4.78, 5) is 20.3. The van der Waals surface area contributed by atoms with Crippen molar-refractivity contribution >= 4 is 39.0 Å². The molecular weight excluding hydrogens is 418 g/mol. The first kappa shape index (κ1) is 17.1. The summed E-state index contributed by atoms with van der Waals surface area (Å²) in [5.74, 6) is 1.55. The van der Waals surface area contributed by atoms with Gasteiger partial charge in [-0.25, -0.2) is 19.9 Å². The van der Waals surface area contributed by atoms with Gasteiger partial charge < -0.3 is 10.2 Å². The summed E-state index contributed by atoms with van der Waals surface area (Å²) in [6.45, 7) is 2.17. The van der Waals surface area contributed by atoms with E-state index in [4.69, 9.17) is 0 Å². The zero-order chi connectivity index (χ0) is 18.9. The monoisotopic (exact) mass is 435 g/mol. The van der Waals surface area contributed by atoms with Crippen molar-refractivity contribution in [3.8, 4) is 11.4 Å². The average Bonchev–Trinajstić information content (AvgIpc) is 3.39.